The quantitative estimate of drug-likeness (QED) is 0.439. The highest BCUT2D eigenvalue weighted by Gasteiger charge is 2.32. The van der Waals surface area contributed by atoms with Crippen molar-refractivity contribution in [1.82, 2.24) is 0 Å². The summed E-state index contributed by atoms with van der Waals surface area (Å²) in [5.41, 5.74) is 2.42. The van der Waals surface area contributed by atoms with Gasteiger partial charge in [-0.3, -0.25) is 4.79 Å². The maximum absolute atomic E-state index is 11.6. The second kappa shape index (κ2) is 5.07. The van der Waals surface area contributed by atoms with E-state index in [0.717, 1.165) is 5.57 Å². The number of fused-ring (bicyclic) bond motifs is 1. The summed E-state index contributed by atoms with van der Waals surface area (Å²) in [4.78, 5) is 11.6. The molecule has 0 aliphatic carbocycles. The van der Waals surface area contributed by atoms with Crippen LogP contribution in [0.5, 0.6) is 17.2 Å². The molecule has 5 heteroatoms. The Hall–Kier alpha value is -2.17. The lowest BCUT2D eigenvalue weighted by Crippen LogP contribution is -2.21. The Morgan fingerprint density at radius 3 is 2.50 bits per heavy atom. The number of carbonyl (C=O) groups excluding carboxylic acids is 1. The largest absolute Gasteiger partial charge is 0.504 e. The molecule has 0 spiro atoms. The summed E-state index contributed by atoms with van der Waals surface area (Å²) < 4.78 is 5.06. The predicted molar refractivity (Wildman–Crippen MR) is 72.8 cm³/mol. The summed E-state index contributed by atoms with van der Waals surface area (Å²) in [6.07, 6.45) is 1.59. The molecule has 0 fully saturated rings. The minimum Gasteiger partial charge on any atom is -0.504 e. The van der Waals surface area contributed by atoms with E-state index in [1.165, 1.54) is 0 Å². The van der Waals surface area contributed by atoms with Gasteiger partial charge in [0.05, 0.1) is 6.42 Å². The Morgan fingerprint density at radius 2 is 1.90 bits per heavy atom. The molecule has 5 nitrogen and oxygen atoms in total. The number of ether oxygens (including phenoxy) is 1. The molecule has 2 rings (SSSR count). The monoisotopic (exact) mass is 278 g/mol. The molecule has 20 heavy (non-hydrogen) atoms. The summed E-state index contributed by atoms with van der Waals surface area (Å²) in [7, 11) is 0. The van der Waals surface area contributed by atoms with E-state index in [1.807, 2.05) is 19.9 Å². The van der Waals surface area contributed by atoms with Gasteiger partial charge in [-0.05, 0) is 32.8 Å². The molecule has 1 aliphatic rings. The fraction of sp³-hybridized carbons (Fsp3) is 0.400. The number of phenolic OH excluding ortho intramolecular Hbond substituents is 3. The van der Waals surface area contributed by atoms with E-state index in [-0.39, 0.29) is 12.2 Å². The third kappa shape index (κ3) is 2.31. The van der Waals surface area contributed by atoms with Crippen molar-refractivity contribution in [3.05, 3.63) is 28.3 Å². The molecule has 0 aromatic heterocycles. The van der Waals surface area contributed by atoms with Crippen molar-refractivity contribution < 1.29 is 24.9 Å². The van der Waals surface area contributed by atoms with E-state index in [9.17, 15) is 20.1 Å². The molecular weight excluding hydrogens is 260 g/mol. The average Bonchev–Trinajstić information content (AvgIpc) is 2.34. The number of cyclic esters (lactones) is 1. The van der Waals surface area contributed by atoms with Crippen LogP contribution in [0.25, 0.3) is 0 Å². The first-order chi connectivity index (χ1) is 9.32. The highest BCUT2D eigenvalue weighted by molar-refractivity contribution is 5.79. The molecule has 1 aromatic carbocycles. The summed E-state index contributed by atoms with van der Waals surface area (Å²) >= 11 is 0. The van der Waals surface area contributed by atoms with Crippen LogP contribution in [0.2, 0.25) is 0 Å². The number of hydrogen-bond acceptors (Lipinski definition) is 5. The molecule has 3 N–H and O–H groups in total. The minimum absolute atomic E-state index is 0.0208. The third-order valence-electron chi connectivity index (χ3n) is 3.43. The smallest absolute Gasteiger partial charge is 0.310 e. The molecule has 1 aromatic rings. The van der Waals surface area contributed by atoms with Gasteiger partial charge in [-0.15, -0.1) is 0 Å². The molecule has 1 unspecified atom stereocenters. The van der Waals surface area contributed by atoms with Gasteiger partial charge in [0.1, 0.15) is 6.10 Å². The molecular formula is C15H18O5. The van der Waals surface area contributed by atoms with Crippen molar-refractivity contribution >= 4 is 5.97 Å². The highest BCUT2D eigenvalue weighted by Crippen LogP contribution is 2.48. The van der Waals surface area contributed by atoms with Gasteiger partial charge in [0.25, 0.3) is 0 Å². The van der Waals surface area contributed by atoms with Crippen LogP contribution in [0, 0.1) is 0 Å². The molecule has 0 radical (unpaired) electrons. The number of phenols is 3. The van der Waals surface area contributed by atoms with Crippen LogP contribution in [0.15, 0.2) is 11.6 Å². The number of hydrogen-bond donors (Lipinski definition) is 3. The zero-order chi connectivity index (χ0) is 15.0. The Balaban J connectivity index is 2.67. The number of benzene rings is 1. The standard InChI is InChI=1S/C15H18O5/c1-7(2)4-5-9-10-6-11(16)20-8(3)12(10)14(18)15(19)13(9)17/h4,8,17-19H,5-6H2,1-3H3. The van der Waals surface area contributed by atoms with Gasteiger partial charge in [-0.1, -0.05) is 11.6 Å². The van der Waals surface area contributed by atoms with Crippen LogP contribution in [0.3, 0.4) is 0 Å². The van der Waals surface area contributed by atoms with Crippen molar-refractivity contribution in [2.75, 3.05) is 0 Å². The highest BCUT2D eigenvalue weighted by atomic mass is 16.5. The van der Waals surface area contributed by atoms with Crippen molar-refractivity contribution in [2.45, 2.75) is 39.7 Å². The van der Waals surface area contributed by atoms with Crippen LogP contribution in [-0.4, -0.2) is 21.3 Å². The van der Waals surface area contributed by atoms with Crippen molar-refractivity contribution in [2.24, 2.45) is 0 Å². The van der Waals surface area contributed by atoms with E-state index >= 15 is 0 Å². The fourth-order valence-corrected chi connectivity index (χ4v) is 2.44. The maximum Gasteiger partial charge on any atom is 0.310 e. The first kappa shape index (κ1) is 14.2. The molecule has 108 valence electrons. The van der Waals surface area contributed by atoms with E-state index in [0.29, 0.717) is 23.1 Å². The summed E-state index contributed by atoms with van der Waals surface area (Å²) in [6.45, 7) is 5.46. The Morgan fingerprint density at radius 1 is 1.25 bits per heavy atom. The lowest BCUT2D eigenvalue weighted by atomic mass is 9.89. The normalized spacial score (nSPS) is 17.4. The van der Waals surface area contributed by atoms with E-state index in [2.05, 4.69) is 0 Å². The van der Waals surface area contributed by atoms with Gasteiger partial charge in [-0.25, -0.2) is 0 Å². The van der Waals surface area contributed by atoms with Gasteiger partial charge < -0.3 is 20.1 Å². The van der Waals surface area contributed by atoms with Gasteiger partial charge in [0.2, 0.25) is 5.75 Å². The second-order valence-corrected chi connectivity index (χ2v) is 5.21. The van der Waals surface area contributed by atoms with Gasteiger partial charge >= 0.3 is 5.97 Å². The number of rotatable bonds is 2. The topological polar surface area (TPSA) is 87.0 Å². The van der Waals surface area contributed by atoms with Gasteiger partial charge in [0.15, 0.2) is 11.5 Å². The summed E-state index contributed by atoms with van der Waals surface area (Å²) in [6, 6.07) is 0. The first-order valence-corrected chi connectivity index (χ1v) is 6.44. The maximum atomic E-state index is 11.6. The predicted octanol–water partition coefficient (Wildman–Crippen LogP) is 2.47. The van der Waals surface area contributed by atoms with Crippen LogP contribution >= 0.6 is 0 Å². The van der Waals surface area contributed by atoms with Crippen LogP contribution in [-0.2, 0) is 22.4 Å². The van der Waals surface area contributed by atoms with Gasteiger partial charge in [0, 0.05) is 11.1 Å². The first-order valence-electron chi connectivity index (χ1n) is 6.44. The van der Waals surface area contributed by atoms with Crippen molar-refractivity contribution in [3.8, 4) is 17.2 Å². The molecule has 0 amide bonds. The number of carbonyl (C=O) groups is 1. The van der Waals surface area contributed by atoms with Crippen molar-refractivity contribution in [1.29, 1.82) is 0 Å². The lowest BCUT2D eigenvalue weighted by molar-refractivity contribution is -0.149. The Bertz CT molecular complexity index is 597. The van der Waals surface area contributed by atoms with Crippen molar-refractivity contribution in [3.63, 3.8) is 0 Å². The Labute approximate surface area is 117 Å². The van der Waals surface area contributed by atoms with Gasteiger partial charge in [-0.2, -0.15) is 0 Å². The molecule has 1 heterocycles. The third-order valence-corrected chi connectivity index (χ3v) is 3.43. The SMILES string of the molecule is CC(C)=CCc1c(O)c(O)c(O)c2c1CC(=O)OC2C. The number of allylic oxidation sites excluding steroid dienone is 2. The minimum atomic E-state index is -0.650. The summed E-state index contributed by atoms with van der Waals surface area (Å²) in [5, 5.41) is 29.8. The van der Waals surface area contributed by atoms with Crippen LogP contribution in [0.1, 0.15) is 43.6 Å². The molecule has 0 saturated carbocycles. The molecule has 1 atom stereocenters. The van der Waals surface area contributed by atoms with E-state index in [1.54, 1.807) is 6.92 Å². The molecule has 0 saturated heterocycles. The fourth-order valence-electron chi connectivity index (χ4n) is 2.44. The summed E-state index contributed by atoms with van der Waals surface area (Å²) in [5.74, 6) is -1.77. The number of aromatic hydroxyl groups is 3. The van der Waals surface area contributed by atoms with Crippen LogP contribution < -0.4 is 0 Å². The zero-order valence-electron chi connectivity index (χ0n) is 11.7. The lowest BCUT2D eigenvalue weighted by Gasteiger charge is -2.26. The van der Waals surface area contributed by atoms with E-state index in [4.69, 9.17) is 4.74 Å². The average molecular weight is 278 g/mol. The number of esters is 1. The van der Waals surface area contributed by atoms with Crippen LogP contribution in [0.4, 0.5) is 0 Å². The van der Waals surface area contributed by atoms with E-state index < -0.39 is 23.6 Å². The Kier molecular flexibility index (Phi) is 3.61. The second-order valence-electron chi connectivity index (χ2n) is 5.21. The zero-order valence-corrected chi connectivity index (χ0v) is 11.7. The molecule has 0 bridgehead atoms. The molecule has 1 aliphatic heterocycles.